The van der Waals surface area contributed by atoms with Gasteiger partial charge in [-0.1, -0.05) is 81.4 Å². The molecule has 0 amide bonds. The van der Waals surface area contributed by atoms with Gasteiger partial charge in [-0.3, -0.25) is 0 Å². The molecule has 4 rings (SSSR count). The van der Waals surface area contributed by atoms with Crippen molar-refractivity contribution in [2.45, 2.75) is 69.8 Å². The monoisotopic (exact) mass is 449 g/mol. The van der Waals surface area contributed by atoms with Crippen molar-refractivity contribution in [3.05, 3.63) is 60.7 Å². The molecule has 3 atom stereocenters. The number of benzene rings is 2. The summed E-state index contributed by atoms with van der Waals surface area (Å²) in [5, 5.41) is 12.4. The molecule has 1 aliphatic carbocycles. The van der Waals surface area contributed by atoms with Gasteiger partial charge in [-0.2, -0.15) is 5.26 Å². The molecule has 2 aromatic carbocycles. The maximum absolute atomic E-state index is 9.88. The highest BCUT2D eigenvalue weighted by Crippen LogP contribution is 2.41. The topological polar surface area (TPSA) is 51.5 Å². The van der Waals surface area contributed by atoms with Crippen LogP contribution in [0.5, 0.6) is 0 Å². The van der Waals surface area contributed by atoms with E-state index in [1.165, 1.54) is 10.4 Å². The maximum Gasteiger partial charge on any atom is 0.261 e. The fraction of sp³-hybridized carbons (Fsp3) is 0.519. The molecule has 0 spiro atoms. The number of nitriles is 1. The minimum atomic E-state index is -2.62. The average Bonchev–Trinajstić information content (AvgIpc) is 3.19. The van der Waals surface area contributed by atoms with E-state index >= 15 is 0 Å². The molecule has 1 saturated heterocycles. The van der Waals surface area contributed by atoms with Crippen LogP contribution in [0.3, 0.4) is 0 Å². The van der Waals surface area contributed by atoms with Crippen molar-refractivity contribution < 1.29 is 13.9 Å². The molecule has 1 saturated carbocycles. The largest absolute Gasteiger partial charge is 0.404 e. The highest BCUT2D eigenvalue weighted by Gasteiger charge is 2.53. The summed E-state index contributed by atoms with van der Waals surface area (Å²) in [7, 11) is -2.62. The SMILES string of the molecule is CC(C)(C)[Si](OC1CC(OC2CCOCC2)[C@@H](C#N)C1)(c1ccccc1)c1ccccc1. The molecule has 4 nitrogen and oxygen atoms in total. The van der Waals surface area contributed by atoms with Gasteiger partial charge in [0.2, 0.25) is 0 Å². The Bertz CT molecular complexity index is 860. The van der Waals surface area contributed by atoms with E-state index in [9.17, 15) is 5.26 Å². The first kappa shape index (κ1) is 23.2. The van der Waals surface area contributed by atoms with Gasteiger partial charge >= 0.3 is 0 Å². The van der Waals surface area contributed by atoms with E-state index in [2.05, 4.69) is 87.5 Å². The van der Waals surface area contributed by atoms with Crippen LogP contribution in [0.25, 0.3) is 0 Å². The van der Waals surface area contributed by atoms with Gasteiger partial charge < -0.3 is 13.9 Å². The van der Waals surface area contributed by atoms with Gasteiger partial charge in [-0.05, 0) is 41.1 Å². The number of ether oxygens (including phenoxy) is 2. The van der Waals surface area contributed by atoms with E-state index in [0.29, 0.717) is 0 Å². The lowest BCUT2D eigenvalue weighted by molar-refractivity contribution is -0.0751. The van der Waals surface area contributed by atoms with Gasteiger partial charge in [0.05, 0.1) is 24.2 Å². The molecule has 2 aliphatic rings. The summed E-state index contributed by atoms with van der Waals surface area (Å²) < 4.78 is 19.2. The summed E-state index contributed by atoms with van der Waals surface area (Å²) in [5.74, 6) is -0.124. The normalized spacial score (nSPS) is 24.9. The molecule has 0 radical (unpaired) electrons. The highest BCUT2D eigenvalue weighted by molar-refractivity contribution is 6.99. The number of nitrogens with zero attached hydrogens (tertiary/aromatic N) is 1. The van der Waals surface area contributed by atoms with Gasteiger partial charge in [0.1, 0.15) is 0 Å². The molecule has 0 aromatic heterocycles. The predicted octanol–water partition coefficient (Wildman–Crippen LogP) is 4.43. The van der Waals surface area contributed by atoms with Crippen molar-refractivity contribution in [3.63, 3.8) is 0 Å². The lowest BCUT2D eigenvalue weighted by Crippen LogP contribution is -2.67. The summed E-state index contributed by atoms with van der Waals surface area (Å²) in [6, 6.07) is 24.0. The third kappa shape index (κ3) is 4.70. The smallest absolute Gasteiger partial charge is 0.261 e. The number of hydrogen-bond acceptors (Lipinski definition) is 4. The maximum atomic E-state index is 9.88. The van der Waals surface area contributed by atoms with Crippen molar-refractivity contribution in [1.29, 1.82) is 5.26 Å². The lowest BCUT2D eigenvalue weighted by Gasteiger charge is -2.44. The van der Waals surface area contributed by atoms with Gasteiger partial charge in [0.25, 0.3) is 8.32 Å². The Morgan fingerprint density at radius 2 is 1.44 bits per heavy atom. The van der Waals surface area contributed by atoms with E-state index in [1.807, 2.05) is 0 Å². The third-order valence-corrected chi connectivity index (χ3v) is 12.0. The van der Waals surface area contributed by atoms with Gasteiger partial charge in [-0.15, -0.1) is 0 Å². The Morgan fingerprint density at radius 3 is 1.94 bits per heavy atom. The second-order valence-corrected chi connectivity index (χ2v) is 14.3. The lowest BCUT2D eigenvalue weighted by atomic mass is 10.1. The number of hydrogen-bond donors (Lipinski definition) is 0. The summed E-state index contributed by atoms with van der Waals surface area (Å²) in [4.78, 5) is 0. The second-order valence-electron chi connectivity index (χ2n) is 10.1. The fourth-order valence-corrected chi connectivity index (χ4v) is 10.0. The first-order valence-electron chi connectivity index (χ1n) is 11.9. The van der Waals surface area contributed by atoms with Crippen LogP contribution in [0.1, 0.15) is 46.5 Å². The third-order valence-electron chi connectivity index (χ3n) is 6.92. The quantitative estimate of drug-likeness (QED) is 0.612. The summed E-state index contributed by atoms with van der Waals surface area (Å²) in [6.45, 7) is 8.39. The van der Waals surface area contributed by atoms with E-state index in [-0.39, 0.29) is 29.3 Å². The zero-order valence-corrected chi connectivity index (χ0v) is 20.5. The molecule has 5 heteroatoms. The second kappa shape index (κ2) is 9.89. The summed E-state index contributed by atoms with van der Waals surface area (Å²) >= 11 is 0. The zero-order chi connectivity index (χ0) is 22.6. The van der Waals surface area contributed by atoms with Crippen molar-refractivity contribution in [2.24, 2.45) is 5.92 Å². The minimum absolute atomic E-state index is 0.00999. The Morgan fingerprint density at radius 1 is 0.875 bits per heavy atom. The van der Waals surface area contributed by atoms with Gasteiger partial charge in [-0.25, -0.2) is 0 Å². The molecular weight excluding hydrogens is 414 g/mol. The molecule has 1 heterocycles. The van der Waals surface area contributed by atoms with Gasteiger partial charge in [0, 0.05) is 19.3 Å². The Labute approximate surface area is 193 Å². The molecule has 2 aromatic rings. The van der Waals surface area contributed by atoms with E-state index < -0.39 is 8.32 Å². The molecule has 170 valence electrons. The number of rotatable bonds is 6. The van der Waals surface area contributed by atoms with Crippen molar-refractivity contribution in [1.82, 2.24) is 0 Å². The zero-order valence-electron chi connectivity index (χ0n) is 19.5. The highest BCUT2D eigenvalue weighted by atomic mass is 28.4. The molecule has 2 fully saturated rings. The van der Waals surface area contributed by atoms with E-state index in [1.54, 1.807) is 0 Å². The Kier molecular flexibility index (Phi) is 7.16. The van der Waals surface area contributed by atoms with Crippen LogP contribution in [-0.4, -0.2) is 39.8 Å². The van der Waals surface area contributed by atoms with E-state index in [4.69, 9.17) is 13.9 Å². The molecule has 0 N–H and O–H groups in total. The van der Waals surface area contributed by atoms with Crippen LogP contribution in [0.4, 0.5) is 0 Å². The minimum Gasteiger partial charge on any atom is -0.404 e. The first-order chi connectivity index (χ1) is 15.4. The summed E-state index contributed by atoms with van der Waals surface area (Å²) in [5.41, 5.74) is 0. The van der Waals surface area contributed by atoms with Crippen LogP contribution in [0.15, 0.2) is 60.7 Å². The van der Waals surface area contributed by atoms with Crippen LogP contribution in [0.2, 0.25) is 5.04 Å². The Balaban J connectivity index is 1.65. The van der Waals surface area contributed by atoms with E-state index in [0.717, 1.165) is 38.9 Å². The molecule has 0 bridgehead atoms. The first-order valence-corrected chi connectivity index (χ1v) is 13.8. The fourth-order valence-electron chi connectivity index (χ4n) is 5.34. The van der Waals surface area contributed by atoms with Crippen LogP contribution in [-0.2, 0) is 13.9 Å². The summed E-state index contributed by atoms with van der Waals surface area (Å²) in [6.07, 6.45) is 3.47. The molecule has 32 heavy (non-hydrogen) atoms. The van der Waals surface area contributed by atoms with Crippen molar-refractivity contribution >= 4 is 18.7 Å². The Hall–Kier alpha value is -1.97. The standard InChI is InChI=1S/C27H35NO3Si/c1-27(2,3)32(24-10-6-4-7-11-24,25-12-8-5-9-13-25)31-23-18-21(20-28)26(19-23)30-22-14-16-29-17-15-22/h4-13,21-23,26H,14-19H2,1-3H3/t21-,23?,26?/m1/s1. The molecule has 1 aliphatic heterocycles. The van der Waals surface area contributed by atoms with Crippen LogP contribution >= 0.6 is 0 Å². The van der Waals surface area contributed by atoms with Crippen LogP contribution < -0.4 is 10.4 Å². The average molecular weight is 450 g/mol. The molecule has 2 unspecified atom stereocenters. The van der Waals surface area contributed by atoms with Crippen molar-refractivity contribution in [3.8, 4) is 6.07 Å². The molecular formula is C27H35NO3Si. The van der Waals surface area contributed by atoms with Crippen LogP contribution in [0, 0.1) is 17.2 Å². The van der Waals surface area contributed by atoms with Gasteiger partial charge in [0.15, 0.2) is 0 Å². The predicted molar refractivity (Wildman–Crippen MR) is 130 cm³/mol. The van der Waals surface area contributed by atoms with Crippen molar-refractivity contribution in [2.75, 3.05) is 13.2 Å².